The van der Waals surface area contributed by atoms with Gasteiger partial charge in [0.1, 0.15) is 0 Å². The molecule has 0 aromatic carbocycles. The van der Waals surface area contributed by atoms with Gasteiger partial charge in [-0.05, 0) is 19.9 Å². The molecule has 4 aromatic heterocycles. The third-order valence-corrected chi connectivity index (χ3v) is 5.03. The molecule has 1 N–H and O–H groups in total. The minimum Gasteiger partial charge on any atom is -0.406 e. The molecule has 8 nitrogen and oxygen atoms in total. The number of amides is 1. The Kier molecular flexibility index (Phi) is 4.86. The largest absolute Gasteiger partial charge is 0.432 e. The molecule has 154 valence electrons. The molecule has 0 aliphatic carbocycles. The summed E-state index contributed by atoms with van der Waals surface area (Å²) in [6.45, 7) is 3.46. The maximum Gasteiger partial charge on any atom is 0.432 e. The summed E-state index contributed by atoms with van der Waals surface area (Å²) in [4.78, 5) is 28.8. The maximum atomic E-state index is 13.2. The Bertz CT molecular complexity index is 1250. The lowest BCUT2D eigenvalue weighted by Gasteiger charge is -2.10. The minimum absolute atomic E-state index is 0.0650. The Balaban J connectivity index is 1.56. The van der Waals surface area contributed by atoms with E-state index in [1.54, 1.807) is 6.92 Å². The highest BCUT2D eigenvalue weighted by atomic mass is 32.1. The minimum atomic E-state index is -4.59. The molecule has 4 heterocycles. The molecule has 0 spiro atoms. The average molecular weight is 434 g/mol. The van der Waals surface area contributed by atoms with Crippen molar-refractivity contribution in [3.63, 3.8) is 0 Å². The van der Waals surface area contributed by atoms with E-state index < -0.39 is 17.8 Å². The van der Waals surface area contributed by atoms with Gasteiger partial charge in [0.25, 0.3) is 0 Å². The lowest BCUT2D eigenvalue weighted by molar-refractivity contribution is -0.136. The third kappa shape index (κ3) is 3.81. The zero-order valence-corrected chi connectivity index (χ0v) is 16.4. The second kappa shape index (κ2) is 7.37. The van der Waals surface area contributed by atoms with E-state index in [1.807, 2.05) is 12.3 Å². The number of nitrogens with zero attached hydrogens (tertiary/aromatic N) is 5. The molecule has 30 heavy (non-hydrogen) atoms. The number of pyridine rings is 1. The molecule has 4 rings (SSSR count). The van der Waals surface area contributed by atoms with Gasteiger partial charge in [-0.2, -0.15) is 13.2 Å². The van der Waals surface area contributed by atoms with E-state index in [-0.39, 0.29) is 16.7 Å². The summed E-state index contributed by atoms with van der Waals surface area (Å²) in [5.41, 5.74) is 2.63. The number of ether oxygens (including phenoxy) is 1. The number of aryl methyl sites for hydroxylation is 2. The molecule has 0 aliphatic heterocycles. The van der Waals surface area contributed by atoms with Crippen molar-refractivity contribution in [2.75, 3.05) is 5.43 Å². The molecule has 4 aromatic rings. The van der Waals surface area contributed by atoms with Crippen LogP contribution in [-0.2, 0) is 6.18 Å². The Morgan fingerprint density at radius 3 is 2.70 bits per heavy atom. The molecular formula is C18H13F3N6O2S. The number of aromatic nitrogens is 5. The van der Waals surface area contributed by atoms with Gasteiger partial charge in [-0.25, -0.2) is 25.2 Å². The zero-order valence-electron chi connectivity index (χ0n) is 15.6. The molecule has 0 unspecified atom stereocenters. The van der Waals surface area contributed by atoms with Gasteiger partial charge in [0.15, 0.2) is 16.6 Å². The number of carbonyl (C=O) groups excluding carboxylic acids is 1. The van der Waals surface area contributed by atoms with Gasteiger partial charge in [0.05, 0.1) is 29.2 Å². The van der Waals surface area contributed by atoms with E-state index in [2.05, 4.69) is 25.4 Å². The molecular weight excluding hydrogens is 421 g/mol. The Morgan fingerprint density at radius 1 is 1.23 bits per heavy atom. The smallest absolute Gasteiger partial charge is 0.406 e. The highest BCUT2D eigenvalue weighted by Gasteiger charge is 2.35. The number of hydrogen-bond donors (Lipinski definition) is 1. The fourth-order valence-electron chi connectivity index (χ4n) is 2.73. The highest BCUT2D eigenvalue weighted by Crippen LogP contribution is 2.35. The van der Waals surface area contributed by atoms with Crippen LogP contribution in [-0.4, -0.2) is 30.7 Å². The Morgan fingerprint density at radius 2 is 2.03 bits per heavy atom. The van der Waals surface area contributed by atoms with Gasteiger partial charge in [0.2, 0.25) is 0 Å². The summed E-state index contributed by atoms with van der Waals surface area (Å²) in [5, 5.41) is 2.38. The first kappa shape index (κ1) is 19.8. The summed E-state index contributed by atoms with van der Waals surface area (Å²) in [6.07, 6.45) is -1.06. The lowest BCUT2D eigenvalue weighted by Crippen LogP contribution is -2.26. The first-order valence-electron chi connectivity index (χ1n) is 8.49. The standard InChI is InChI=1S/C18H13F3N6O2S/c1-9-8-30-16(24-9)15-23-6-14(10(2)25-15)29-17(28)26-27-7-12(18(19,20)21)11-3-4-22-5-13(11)27/h3-8H,1-2H3,(H,26,28). The number of halogens is 3. The van der Waals surface area contributed by atoms with Crippen LogP contribution in [0.4, 0.5) is 18.0 Å². The van der Waals surface area contributed by atoms with Crippen LogP contribution in [0.5, 0.6) is 5.75 Å². The van der Waals surface area contributed by atoms with Gasteiger partial charge in [0, 0.05) is 28.9 Å². The van der Waals surface area contributed by atoms with Gasteiger partial charge in [-0.1, -0.05) is 0 Å². The van der Waals surface area contributed by atoms with Crippen LogP contribution in [0.1, 0.15) is 17.0 Å². The van der Waals surface area contributed by atoms with Crippen molar-refractivity contribution >= 4 is 28.3 Å². The first-order valence-corrected chi connectivity index (χ1v) is 9.37. The number of thiazole rings is 1. The van der Waals surface area contributed by atoms with E-state index in [9.17, 15) is 18.0 Å². The molecule has 0 fully saturated rings. The number of hydrogen-bond acceptors (Lipinski definition) is 7. The molecule has 0 radical (unpaired) electrons. The molecule has 12 heteroatoms. The number of fused-ring (bicyclic) bond motifs is 1. The first-order chi connectivity index (χ1) is 14.2. The quantitative estimate of drug-likeness (QED) is 0.516. The van der Waals surface area contributed by atoms with Crippen LogP contribution in [0.3, 0.4) is 0 Å². The number of alkyl halides is 3. The topological polar surface area (TPSA) is 94.8 Å². The molecule has 0 aliphatic rings. The lowest BCUT2D eigenvalue weighted by atomic mass is 10.2. The van der Waals surface area contributed by atoms with Crippen LogP contribution in [0.15, 0.2) is 36.2 Å². The Hall–Kier alpha value is -3.54. The summed E-state index contributed by atoms with van der Waals surface area (Å²) in [6, 6.07) is 1.22. The second-order valence-electron chi connectivity index (χ2n) is 6.24. The van der Waals surface area contributed by atoms with Crippen molar-refractivity contribution in [2.45, 2.75) is 20.0 Å². The number of rotatable bonds is 3. The van der Waals surface area contributed by atoms with Crippen LogP contribution >= 0.6 is 11.3 Å². The van der Waals surface area contributed by atoms with Crippen molar-refractivity contribution in [2.24, 2.45) is 0 Å². The van der Waals surface area contributed by atoms with Gasteiger partial charge in [-0.15, -0.1) is 11.3 Å². The van der Waals surface area contributed by atoms with Crippen molar-refractivity contribution < 1.29 is 22.7 Å². The van der Waals surface area contributed by atoms with E-state index in [0.717, 1.165) is 16.6 Å². The van der Waals surface area contributed by atoms with Crippen LogP contribution in [0, 0.1) is 13.8 Å². The maximum absolute atomic E-state index is 13.2. The molecule has 0 saturated heterocycles. The zero-order chi connectivity index (χ0) is 21.5. The molecule has 1 amide bonds. The van der Waals surface area contributed by atoms with Crippen molar-refractivity contribution in [1.29, 1.82) is 0 Å². The highest BCUT2D eigenvalue weighted by molar-refractivity contribution is 7.13. The van der Waals surface area contributed by atoms with Crippen LogP contribution in [0.25, 0.3) is 21.7 Å². The van der Waals surface area contributed by atoms with Crippen molar-refractivity contribution in [1.82, 2.24) is 24.6 Å². The van der Waals surface area contributed by atoms with Gasteiger partial charge >= 0.3 is 12.3 Å². The summed E-state index contributed by atoms with van der Waals surface area (Å²) in [7, 11) is 0. The second-order valence-corrected chi connectivity index (χ2v) is 7.10. The number of carbonyl (C=O) groups is 1. The van der Waals surface area contributed by atoms with Crippen molar-refractivity contribution in [3.8, 4) is 16.6 Å². The van der Waals surface area contributed by atoms with E-state index in [0.29, 0.717) is 16.5 Å². The molecule has 0 atom stereocenters. The van der Waals surface area contributed by atoms with E-state index in [4.69, 9.17) is 4.74 Å². The fraction of sp³-hybridized carbons (Fsp3) is 0.167. The van der Waals surface area contributed by atoms with Crippen LogP contribution < -0.4 is 10.2 Å². The van der Waals surface area contributed by atoms with Crippen LogP contribution in [0.2, 0.25) is 0 Å². The Labute approximate surface area is 171 Å². The predicted molar refractivity (Wildman–Crippen MR) is 103 cm³/mol. The third-order valence-electron chi connectivity index (χ3n) is 4.07. The molecule has 0 saturated carbocycles. The summed E-state index contributed by atoms with van der Waals surface area (Å²) in [5.74, 6) is 0.450. The fourth-order valence-corrected chi connectivity index (χ4v) is 3.46. The SMILES string of the molecule is Cc1csc(-c2ncc(OC(=O)Nn3cc(C(F)(F)F)c4ccncc43)c(C)n2)n1. The van der Waals surface area contributed by atoms with Gasteiger partial charge < -0.3 is 4.74 Å². The average Bonchev–Trinajstić information content (AvgIpc) is 3.27. The number of nitrogens with one attached hydrogen (secondary N) is 1. The summed E-state index contributed by atoms with van der Waals surface area (Å²) >= 11 is 1.38. The van der Waals surface area contributed by atoms with Crippen molar-refractivity contribution in [3.05, 3.63) is 53.2 Å². The van der Waals surface area contributed by atoms with Gasteiger partial charge in [-0.3, -0.25) is 9.66 Å². The summed E-state index contributed by atoms with van der Waals surface area (Å²) < 4.78 is 45.8. The molecule has 0 bridgehead atoms. The normalized spacial score (nSPS) is 11.6. The predicted octanol–water partition coefficient (Wildman–Crippen LogP) is 4.33. The monoisotopic (exact) mass is 434 g/mol. The van der Waals surface area contributed by atoms with E-state index in [1.165, 1.54) is 36.0 Å². The van der Waals surface area contributed by atoms with E-state index >= 15 is 0 Å².